The van der Waals surface area contributed by atoms with Crippen molar-refractivity contribution in [2.45, 2.75) is 17.7 Å². The summed E-state index contributed by atoms with van der Waals surface area (Å²) in [6, 6.07) is 8.69. The summed E-state index contributed by atoms with van der Waals surface area (Å²) < 4.78 is 19.2. The normalized spacial score (nSPS) is 19.4. The number of pyridine rings is 1. The van der Waals surface area contributed by atoms with Crippen LogP contribution in [0.3, 0.4) is 0 Å². The Morgan fingerprint density at radius 1 is 1.22 bits per heavy atom. The molecule has 3 amide bonds. The molecule has 182 valence electrons. The first kappa shape index (κ1) is 24.4. The number of hydrogen-bond acceptors (Lipinski definition) is 6. The number of methoxy groups -OCH3 is 1. The molecule has 3 heterocycles. The molecule has 0 N–H and O–H groups in total. The van der Waals surface area contributed by atoms with E-state index in [2.05, 4.69) is 11.1 Å². The third-order valence-corrected chi connectivity index (χ3v) is 8.04. The molecule has 2 unspecified atom stereocenters. The van der Waals surface area contributed by atoms with E-state index < -0.39 is 29.0 Å². The number of nitrogens with zero attached hydrogens (tertiary/aromatic N) is 4. The number of benzene rings is 2. The van der Waals surface area contributed by atoms with Gasteiger partial charge in [0.15, 0.2) is 11.6 Å². The molecule has 2 aliphatic heterocycles. The summed E-state index contributed by atoms with van der Waals surface area (Å²) in [5, 5.41) is 10.2. The number of ether oxygens (including phenoxy) is 1. The molecule has 0 bridgehead atoms. The Labute approximate surface area is 220 Å². The molecule has 11 heteroatoms. The van der Waals surface area contributed by atoms with Gasteiger partial charge in [0.2, 0.25) is 0 Å². The van der Waals surface area contributed by atoms with Crippen molar-refractivity contribution in [2.75, 3.05) is 18.6 Å². The van der Waals surface area contributed by atoms with Crippen LogP contribution in [-0.2, 0) is 4.79 Å². The van der Waals surface area contributed by atoms with Crippen molar-refractivity contribution in [2.24, 2.45) is 0 Å². The second-order valence-corrected chi connectivity index (χ2v) is 10.1. The number of amides is 3. The van der Waals surface area contributed by atoms with Crippen molar-refractivity contribution >= 4 is 68.3 Å². The highest BCUT2D eigenvalue weighted by molar-refractivity contribution is 8.09. The van der Waals surface area contributed by atoms with Crippen molar-refractivity contribution < 1.29 is 18.7 Å². The first-order valence-corrected chi connectivity index (χ1v) is 12.4. The molecule has 2 atom stereocenters. The number of imide groups is 1. The second-order valence-electron chi connectivity index (χ2n) is 8.08. The Morgan fingerprint density at radius 3 is 2.78 bits per heavy atom. The lowest BCUT2D eigenvalue weighted by atomic mass is 10.0. The molecule has 1 saturated heterocycles. The summed E-state index contributed by atoms with van der Waals surface area (Å²) in [6.45, 7) is 0.108. The molecule has 1 aromatic heterocycles. The Kier molecular flexibility index (Phi) is 6.51. The van der Waals surface area contributed by atoms with E-state index in [1.165, 1.54) is 36.0 Å². The van der Waals surface area contributed by atoms with E-state index in [0.717, 1.165) is 11.0 Å². The van der Waals surface area contributed by atoms with Crippen LogP contribution in [0.4, 0.5) is 14.9 Å². The average molecular weight is 543 g/mol. The van der Waals surface area contributed by atoms with Crippen LogP contribution in [0.2, 0.25) is 10.0 Å². The van der Waals surface area contributed by atoms with E-state index in [-0.39, 0.29) is 29.4 Å². The van der Waals surface area contributed by atoms with E-state index >= 15 is 0 Å². The Bertz CT molecular complexity index is 1490. The van der Waals surface area contributed by atoms with E-state index in [1.807, 2.05) is 0 Å². The predicted molar refractivity (Wildman–Crippen MR) is 138 cm³/mol. The Hall–Kier alpha value is -3.32. The fourth-order valence-electron chi connectivity index (χ4n) is 4.42. The molecule has 0 saturated carbocycles. The number of rotatable bonds is 5. The maximum atomic E-state index is 14.1. The monoisotopic (exact) mass is 542 g/mol. The number of fused-ring (bicyclic) bond motifs is 2. The highest BCUT2D eigenvalue weighted by Gasteiger charge is 2.50. The molecule has 1 fully saturated rings. The first-order chi connectivity index (χ1) is 17.3. The van der Waals surface area contributed by atoms with Gasteiger partial charge in [0.25, 0.3) is 5.91 Å². The van der Waals surface area contributed by atoms with Gasteiger partial charge in [0, 0.05) is 34.0 Å². The van der Waals surface area contributed by atoms with Gasteiger partial charge in [0.05, 0.1) is 47.6 Å². The van der Waals surface area contributed by atoms with Crippen LogP contribution in [0, 0.1) is 17.1 Å². The fourth-order valence-corrected chi connectivity index (χ4v) is 6.37. The van der Waals surface area contributed by atoms with Gasteiger partial charge >= 0.3 is 6.03 Å². The molecular weight excluding hydrogens is 526 g/mol. The third-order valence-electron chi connectivity index (χ3n) is 6.07. The van der Waals surface area contributed by atoms with E-state index in [1.54, 1.807) is 30.5 Å². The largest absolute Gasteiger partial charge is 0.494 e. The highest BCUT2D eigenvalue weighted by atomic mass is 35.5. The number of aromatic nitrogens is 1. The zero-order valence-corrected chi connectivity index (χ0v) is 21.1. The summed E-state index contributed by atoms with van der Waals surface area (Å²) in [7, 11) is 1.35. The molecule has 2 aliphatic rings. The number of carbonyl (C=O) groups excluding carboxylic acids is 2. The number of hydrogen-bond donors (Lipinski definition) is 0. The van der Waals surface area contributed by atoms with Gasteiger partial charge in [-0.1, -0.05) is 35.3 Å². The van der Waals surface area contributed by atoms with Gasteiger partial charge in [-0.2, -0.15) is 5.26 Å². The smallest absolute Gasteiger partial charge is 0.332 e. The molecule has 0 radical (unpaired) electrons. The topological polar surface area (TPSA) is 86.5 Å². The summed E-state index contributed by atoms with van der Waals surface area (Å²) >= 11 is 14.0. The number of anilines is 1. The van der Waals surface area contributed by atoms with Gasteiger partial charge in [-0.15, -0.1) is 11.8 Å². The average Bonchev–Trinajstić information content (AvgIpc) is 3.30. The number of halogens is 3. The summed E-state index contributed by atoms with van der Waals surface area (Å²) in [5.74, 6) is -1.05. The summed E-state index contributed by atoms with van der Waals surface area (Å²) in [4.78, 5) is 34.9. The van der Waals surface area contributed by atoms with Gasteiger partial charge in [-0.25, -0.2) is 14.1 Å². The van der Waals surface area contributed by atoms with Crippen LogP contribution < -0.4 is 9.64 Å². The number of nitriles is 1. The SMILES string of the molecule is COc1cc(C2=CC3C(S2)C(=O)N(c2cncc4cccc(Cl)c24)C(=O)N3CCC#N)c(Cl)cc1F. The highest BCUT2D eigenvalue weighted by Crippen LogP contribution is 2.48. The van der Waals surface area contributed by atoms with Crippen molar-refractivity contribution in [1.29, 1.82) is 5.26 Å². The molecule has 36 heavy (non-hydrogen) atoms. The number of urea groups is 1. The lowest BCUT2D eigenvalue weighted by Gasteiger charge is -2.41. The lowest BCUT2D eigenvalue weighted by molar-refractivity contribution is -0.119. The van der Waals surface area contributed by atoms with Crippen molar-refractivity contribution in [3.63, 3.8) is 0 Å². The zero-order chi connectivity index (χ0) is 25.6. The molecule has 0 aliphatic carbocycles. The van der Waals surface area contributed by atoms with Crippen molar-refractivity contribution in [1.82, 2.24) is 9.88 Å². The second kappa shape index (κ2) is 9.62. The lowest BCUT2D eigenvalue weighted by Crippen LogP contribution is -2.62. The van der Waals surface area contributed by atoms with Gasteiger partial charge in [-0.05, 0) is 24.3 Å². The van der Waals surface area contributed by atoms with Crippen LogP contribution in [0.1, 0.15) is 12.0 Å². The van der Waals surface area contributed by atoms with Gasteiger partial charge in [-0.3, -0.25) is 9.78 Å². The van der Waals surface area contributed by atoms with Crippen LogP contribution in [0.25, 0.3) is 15.7 Å². The summed E-state index contributed by atoms with van der Waals surface area (Å²) in [5.41, 5.74) is 0.750. The Balaban J connectivity index is 1.60. The fraction of sp³-hybridized carbons (Fsp3) is 0.200. The summed E-state index contributed by atoms with van der Waals surface area (Å²) in [6.07, 6.45) is 4.87. The quantitative estimate of drug-likeness (QED) is 0.399. The standard InChI is InChI=1S/C25H17Cl2FN4O3S/c1-35-20-8-14(16(27)9-17(20)28)21-10-18-23(36-21)24(33)32(25(34)31(18)7-3-6-29)19-12-30-11-13-4-2-5-15(26)22(13)19/h2,4-5,8-12,18,23H,3,7H2,1H3. The minimum Gasteiger partial charge on any atom is -0.494 e. The Morgan fingerprint density at radius 2 is 2.03 bits per heavy atom. The van der Waals surface area contributed by atoms with Crippen LogP contribution >= 0.6 is 35.0 Å². The minimum atomic E-state index is -0.721. The van der Waals surface area contributed by atoms with Gasteiger partial charge in [0.1, 0.15) is 5.25 Å². The maximum Gasteiger partial charge on any atom is 0.332 e. The van der Waals surface area contributed by atoms with E-state index in [0.29, 0.717) is 26.3 Å². The zero-order valence-electron chi connectivity index (χ0n) is 18.7. The first-order valence-electron chi connectivity index (χ1n) is 10.8. The van der Waals surface area contributed by atoms with E-state index in [4.69, 9.17) is 27.9 Å². The molecule has 0 spiro atoms. The van der Waals surface area contributed by atoms with Crippen LogP contribution in [-0.4, -0.2) is 46.8 Å². The van der Waals surface area contributed by atoms with Crippen LogP contribution in [0.5, 0.6) is 5.75 Å². The number of thioether (sulfide) groups is 1. The molecule has 7 nitrogen and oxygen atoms in total. The van der Waals surface area contributed by atoms with Crippen molar-refractivity contribution in [3.05, 3.63) is 70.2 Å². The molecule has 2 aromatic carbocycles. The van der Waals surface area contributed by atoms with Gasteiger partial charge < -0.3 is 9.64 Å². The molecule has 3 aromatic rings. The third kappa shape index (κ3) is 3.95. The minimum absolute atomic E-state index is 0.00705. The maximum absolute atomic E-state index is 14.1. The number of carbonyl (C=O) groups is 2. The molecular formula is C25H17Cl2FN4O3S. The molecule has 5 rings (SSSR count). The van der Waals surface area contributed by atoms with E-state index in [9.17, 15) is 19.2 Å². The van der Waals surface area contributed by atoms with Crippen molar-refractivity contribution in [3.8, 4) is 11.8 Å². The van der Waals surface area contributed by atoms with Crippen LogP contribution in [0.15, 0.2) is 48.8 Å². The predicted octanol–water partition coefficient (Wildman–Crippen LogP) is 5.90.